The average Bonchev–Trinajstić information content (AvgIpc) is 2.94. The van der Waals surface area contributed by atoms with E-state index in [-0.39, 0.29) is 34.7 Å². The molecule has 0 aliphatic heterocycles. The minimum Gasteiger partial charge on any atom is -0.495 e. The molecule has 0 aliphatic carbocycles. The van der Waals surface area contributed by atoms with Gasteiger partial charge in [0, 0.05) is 13.1 Å². The lowest BCUT2D eigenvalue weighted by molar-refractivity contribution is -0.139. The Balaban J connectivity index is 2.03. The van der Waals surface area contributed by atoms with E-state index in [4.69, 9.17) is 4.74 Å². The summed E-state index contributed by atoms with van der Waals surface area (Å²) >= 11 is 0. The predicted octanol–water partition coefficient (Wildman–Crippen LogP) is 4.22. The Morgan fingerprint density at radius 2 is 1.54 bits per heavy atom. The molecule has 0 spiro atoms. The van der Waals surface area contributed by atoms with Crippen molar-refractivity contribution in [3.63, 3.8) is 0 Å². The van der Waals surface area contributed by atoms with Crippen LogP contribution in [-0.4, -0.2) is 51.4 Å². The molecule has 3 aromatic carbocycles. The Bertz CT molecular complexity index is 1370. The summed E-state index contributed by atoms with van der Waals surface area (Å²) in [5.74, 6) is -0.974. The van der Waals surface area contributed by atoms with Crippen LogP contribution in [0, 0.1) is 11.7 Å². The fourth-order valence-corrected chi connectivity index (χ4v) is 5.34. The van der Waals surface area contributed by atoms with Gasteiger partial charge in [-0.05, 0) is 54.8 Å². The number of amides is 2. The van der Waals surface area contributed by atoms with Gasteiger partial charge in [-0.3, -0.25) is 13.9 Å². The molecule has 10 heteroatoms. The largest absolute Gasteiger partial charge is 0.495 e. The smallest absolute Gasteiger partial charge is 0.264 e. The molecule has 39 heavy (non-hydrogen) atoms. The molecule has 0 bridgehead atoms. The number of carbonyl (C=O) groups excluding carboxylic acids is 2. The average molecular weight is 556 g/mol. The highest BCUT2D eigenvalue weighted by Gasteiger charge is 2.33. The Morgan fingerprint density at radius 1 is 0.923 bits per heavy atom. The van der Waals surface area contributed by atoms with Gasteiger partial charge in [-0.25, -0.2) is 12.8 Å². The van der Waals surface area contributed by atoms with Gasteiger partial charge in [0.05, 0.1) is 17.7 Å². The van der Waals surface area contributed by atoms with Gasteiger partial charge in [0.2, 0.25) is 11.8 Å². The Labute approximate surface area is 229 Å². The summed E-state index contributed by atoms with van der Waals surface area (Å²) < 4.78 is 47.6. The normalized spacial score (nSPS) is 12.1. The van der Waals surface area contributed by atoms with E-state index in [1.807, 2.05) is 13.8 Å². The molecule has 1 N–H and O–H groups in total. The lowest BCUT2D eigenvalue weighted by Crippen LogP contribution is -2.51. The molecule has 8 nitrogen and oxygen atoms in total. The van der Waals surface area contributed by atoms with Gasteiger partial charge in [0.15, 0.2) is 0 Å². The van der Waals surface area contributed by atoms with Gasteiger partial charge in [0.25, 0.3) is 10.0 Å². The standard InChI is InChI=1S/C29H34FN3O5S/c1-21(2)18-31-29(35)22(3)32(19-23-14-16-24(30)17-15-23)28(34)20-33(26-12-8-9-13-27(26)38-4)39(36,37)25-10-6-5-7-11-25/h5-17,21-22H,18-20H2,1-4H3,(H,31,35)/t22-/m1/s1. The van der Waals surface area contributed by atoms with Crippen molar-refractivity contribution in [2.24, 2.45) is 5.92 Å². The third-order valence-electron chi connectivity index (χ3n) is 6.08. The van der Waals surface area contributed by atoms with Gasteiger partial charge in [-0.2, -0.15) is 0 Å². The molecule has 0 unspecified atom stereocenters. The van der Waals surface area contributed by atoms with Crippen LogP contribution >= 0.6 is 0 Å². The van der Waals surface area contributed by atoms with E-state index in [9.17, 15) is 22.4 Å². The minimum absolute atomic E-state index is 0.00323. The quantitative estimate of drug-likeness (QED) is 0.361. The maximum absolute atomic E-state index is 13.9. The number of ether oxygens (including phenoxy) is 1. The van der Waals surface area contributed by atoms with E-state index >= 15 is 0 Å². The molecule has 0 aromatic heterocycles. The molecular formula is C29H34FN3O5S. The van der Waals surface area contributed by atoms with E-state index in [0.29, 0.717) is 12.1 Å². The molecule has 0 aliphatic rings. The third kappa shape index (κ3) is 7.57. The summed E-state index contributed by atoms with van der Waals surface area (Å²) in [6.45, 7) is 5.27. The lowest BCUT2D eigenvalue weighted by Gasteiger charge is -2.32. The highest BCUT2D eigenvalue weighted by atomic mass is 32.2. The Morgan fingerprint density at radius 3 is 2.15 bits per heavy atom. The number of hydrogen-bond donors (Lipinski definition) is 1. The number of anilines is 1. The first-order valence-electron chi connectivity index (χ1n) is 12.6. The van der Waals surface area contributed by atoms with E-state index < -0.39 is 34.3 Å². The molecule has 0 saturated heterocycles. The van der Waals surface area contributed by atoms with Gasteiger partial charge in [-0.15, -0.1) is 0 Å². The summed E-state index contributed by atoms with van der Waals surface area (Å²) in [5, 5.41) is 2.83. The maximum atomic E-state index is 13.9. The van der Waals surface area contributed by atoms with Gasteiger partial charge < -0.3 is 15.0 Å². The maximum Gasteiger partial charge on any atom is 0.264 e. The highest BCUT2D eigenvalue weighted by Crippen LogP contribution is 2.32. The summed E-state index contributed by atoms with van der Waals surface area (Å²) in [4.78, 5) is 28.2. The summed E-state index contributed by atoms with van der Waals surface area (Å²) in [7, 11) is -2.79. The van der Waals surface area contributed by atoms with Crippen molar-refractivity contribution in [3.8, 4) is 5.75 Å². The number of sulfonamides is 1. The van der Waals surface area contributed by atoms with E-state index in [2.05, 4.69) is 5.32 Å². The molecule has 208 valence electrons. The molecule has 3 aromatic rings. The predicted molar refractivity (Wildman–Crippen MR) is 148 cm³/mol. The van der Waals surface area contributed by atoms with Crippen molar-refractivity contribution < 1.29 is 27.1 Å². The molecule has 0 heterocycles. The van der Waals surface area contributed by atoms with Crippen LogP contribution in [-0.2, 0) is 26.2 Å². The van der Waals surface area contributed by atoms with E-state index in [0.717, 1.165) is 4.31 Å². The zero-order chi connectivity index (χ0) is 28.6. The molecule has 0 radical (unpaired) electrons. The van der Waals surface area contributed by atoms with Crippen LogP contribution in [0.1, 0.15) is 26.3 Å². The number of carbonyl (C=O) groups is 2. The highest BCUT2D eigenvalue weighted by molar-refractivity contribution is 7.92. The van der Waals surface area contributed by atoms with Crippen molar-refractivity contribution >= 4 is 27.5 Å². The first-order chi connectivity index (χ1) is 18.5. The van der Waals surface area contributed by atoms with Crippen LogP contribution in [0.4, 0.5) is 10.1 Å². The van der Waals surface area contributed by atoms with Crippen LogP contribution in [0.15, 0.2) is 83.8 Å². The van der Waals surface area contributed by atoms with Crippen molar-refractivity contribution in [1.29, 1.82) is 0 Å². The zero-order valence-corrected chi connectivity index (χ0v) is 23.3. The molecular weight excluding hydrogens is 521 g/mol. The second-order valence-electron chi connectivity index (χ2n) is 9.46. The molecule has 0 fully saturated rings. The van der Waals surface area contributed by atoms with Gasteiger partial charge >= 0.3 is 0 Å². The molecule has 0 saturated carbocycles. The molecule has 2 amide bonds. The Kier molecular flexibility index (Phi) is 10.1. The minimum atomic E-state index is -4.21. The SMILES string of the molecule is COc1ccccc1N(CC(=O)N(Cc1ccc(F)cc1)[C@H](C)C(=O)NCC(C)C)S(=O)(=O)c1ccccc1. The number of halogens is 1. The number of benzene rings is 3. The van der Waals surface area contributed by atoms with Gasteiger partial charge in [-0.1, -0.05) is 56.3 Å². The Hall–Kier alpha value is -3.92. The van der Waals surface area contributed by atoms with Crippen LogP contribution in [0.2, 0.25) is 0 Å². The van der Waals surface area contributed by atoms with Crippen molar-refractivity contribution in [1.82, 2.24) is 10.2 Å². The first kappa shape index (κ1) is 29.6. The van der Waals surface area contributed by atoms with Crippen molar-refractivity contribution in [2.75, 3.05) is 24.5 Å². The van der Waals surface area contributed by atoms with Crippen LogP contribution in [0.3, 0.4) is 0 Å². The number of methoxy groups -OCH3 is 1. The lowest BCUT2D eigenvalue weighted by atomic mass is 10.1. The second-order valence-corrected chi connectivity index (χ2v) is 11.3. The fraction of sp³-hybridized carbons (Fsp3) is 0.310. The van der Waals surface area contributed by atoms with Crippen molar-refractivity contribution in [3.05, 3.63) is 90.2 Å². The fourth-order valence-electron chi connectivity index (χ4n) is 3.89. The monoisotopic (exact) mass is 555 g/mol. The number of rotatable bonds is 12. The number of para-hydroxylation sites is 2. The zero-order valence-electron chi connectivity index (χ0n) is 22.5. The first-order valence-corrected chi connectivity index (χ1v) is 14.0. The number of nitrogens with zero attached hydrogens (tertiary/aromatic N) is 2. The van der Waals surface area contributed by atoms with Crippen LogP contribution < -0.4 is 14.4 Å². The second kappa shape index (κ2) is 13.2. The summed E-state index contributed by atoms with van der Waals surface area (Å²) in [6, 6.07) is 18.9. The topological polar surface area (TPSA) is 96.0 Å². The number of hydrogen-bond acceptors (Lipinski definition) is 5. The molecule has 1 atom stereocenters. The van der Waals surface area contributed by atoms with Crippen LogP contribution in [0.5, 0.6) is 5.75 Å². The van der Waals surface area contributed by atoms with E-state index in [1.54, 1.807) is 49.4 Å². The third-order valence-corrected chi connectivity index (χ3v) is 7.86. The van der Waals surface area contributed by atoms with Gasteiger partial charge in [0.1, 0.15) is 24.2 Å². The van der Waals surface area contributed by atoms with E-state index in [1.165, 1.54) is 48.4 Å². The van der Waals surface area contributed by atoms with Crippen LogP contribution in [0.25, 0.3) is 0 Å². The molecule has 3 rings (SSSR count). The summed E-state index contributed by atoms with van der Waals surface area (Å²) in [6.07, 6.45) is 0. The van der Waals surface area contributed by atoms with Crippen molar-refractivity contribution in [2.45, 2.75) is 38.3 Å². The number of nitrogens with one attached hydrogen (secondary N) is 1. The summed E-state index contributed by atoms with van der Waals surface area (Å²) in [5.41, 5.74) is 0.763.